The van der Waals surface area contributed by atoms with Gasteiger partial charge in [-0.15, -0.1) is 21.5 Å². The number of amides is 1. The van der Waals surface area contributed by atoms with E-state index in [1.54, 1.807) is 23.7 Å². The van der Waals surface area contributed by atoms with Gasteiger partial charge in [0.1, 0.15) is 11.6 Å². The summed E-state index contributed by atoms with van der Waals surface area (Å²) in [4.78, 5) is 16.3. The van der Waals surface area contributed by atoms with Gasteiger partial charge in [-0.2, -0.15) is 0 Å². The molecule has 0 saturated carbocycles. The molecule has 0 spiro atoms. The lowest BCUT2D eigenvalue weighted by Crippen LogP contribution is -2.14. The smallest absolute Gasteiger partial charge is 0.236 e. The van der Waals surface area contributed by atoms with Gasteiger partial charge < -0.3 is 9.88 Å². The highest BCUT2D eigenvalue weighted by atomic mass is 32.2. The number of thiazole rings is 1. The van der Waals surface area contributed by atoms with E-state index in [1.807, 2.05) is 34.5 Å². The minimum atomic E-state index is -0.317. The van der Waals surface area contributed by atoms with Gasteiger partial charge in [-0.25, -0.2) is 9.37 Å². The SMILES string of the molecule is Cn1cccc1Cc1nnc(SCC(=O)Nc2nccs2)n1-c1ccc(F)cc1. The molecule has 0 saturated heterocycles. The molecule has 148 valence electrons. The van der Waals surface area contributed by atoms with Crippen LogP contribution < -0.4 is 5.32 Å². The van der Waals surface area contributed by atoms with E-state index in [-0.39, 0.29) is 17.5 Å². The number of nitrogens with one attached hydrogen (secondary N) is 1. The maximum absolute atomic E-state index is 13.4. The van der Waals surface area contributed by atoms with Crippen LogP contribution in [-0.2, 0) is 18.3 Å². The van der Waals surface area contributed by atoms with Gasteiger partial charge in [0.2, 0.25) is 5.91 Å². The molecule has 4 aromatic rings. The van der Waals surface area contributed by atoms with Gasteiger partial charge in [-0.3, -0.25) is 9.36 Å². The topological polar surface area (TPSA) is 77.6 Å². The van der Waals surface area contributed by atoms with E-state index in [4.69, 9.17) is 0 Å². The van der Waals surface area contributed by atoms with Gasteiger partial charge >= 0.3 is 0 Å². The Morgan fingerprint density at radius 1 is 1.24 bits per heavy atom. The van der Waals surface area contributed by atoms with Gasteiger partial charge in [0.25, 0.3) is 0 Å². The molecule has 0 aliphatic heterocycles. The molecule has 1 N–H and O–H groups in total. The van der Waals surface area contributed by atoms with Crippen LogP contribution in [0.4, 0.5) is 9.52 Å². The molecule has 0 bridgehead atoms. The highest BCUT2D eigenvalue weighted by Gasteiger charge is 2.17. The molecular formula is C19H17FN6OS2. The van der Waals surface area contributed by atoms with Crippen LogP contribution in [0.1, 0.15) is 11.5 Å². The lowest BCUT2D eigenvalue weighted by molar-refractivity contribution is -0.113. The molecule has 10 heteroatoms. The first-order chi connectivity index (χ1) is 14.1. The number of aryl methyl sites for hydroxylation is 1. The molecule has 7 nitrogen and oxygen atoms in total. The van der Waals surface area contributed by atoms with Gasteiger partial charge in [0.15, 0.2) is 10.3 Å². The standard InChI is InChI=1S/C19H17FN6OS2/c1-25-9-2-3-15(25)11-16-23-24-19(26(16)14-6-4-13(20)5-7-14)29-12-17(27)22-18-21-8-10-28-18/h2-10H,11-12H2,1H3,(H,21,22,27). The summed E-state index contributed by atoms with van der Waals surface area (Å²) in [7, 11) is 1.96. The lowest BCUT2D eigenvalue weighted by atomic mass is 10.2. The Hall–Kier alpha value is -2.98. The number of carbonyl (C=O) groups is 1. The summed E-state index contributed by atoms with van der Waals surface area (Å²) >= 11 is 2.63. The van der Waals surface area contributed by atoms with E-state index in [0.717, 1.165) is 11.4 Å². The maximum atomic E-state index is 13.4. The fourth-order valence-corrected chi connectivity index (χ4v) is 4.09. The van der Waals surface area contributed by atoms with E-state index < -0.39 is 0 Å². The Bertz CT molecular complexity index is 1100. The first kappa shape index (κ1) is 19.3. The fraction of sp³-hybridized carbons (Fsp3) is 0.158. The maximum Gasteiger partial charge on any atom is 0.236 e. The third kappa shape index (κ3) is 4.54. The van der Waals surface area contributed by atoms with E-state index in [9.17, 15) is 9.18 Å². The molecule has 1 aromatic carbocycles. The quantitative estimate of drug-likeness (QED) is 0.456. The Kier molecular flexibility index (Phi) is 5.72. The van der Waals surface area contributed by atoms with Crippen molar-refractivity contribution >= 4 is 34.1 Å². The number of halogens is 1. The molecule has 0 fully saturated rings. The lowest BCUT2D eigenvalue weighted by Gasteiger charge is -2.11. The predicted octanol–water partition coefficient (Wildman–Crippen LogP) is 3.52. The van der Waals surface area contributed by atoms with Crippen LogP contribution in [0.25, 0.3) is 5.69 Å². The zero-order valence-corrected chi connectivity index (χ0v) is 17.1. The molecular weight excluding hydrogens is 411 g/mol. The van der Waals surface area contributed by atoms with Crippen molar-refractivity contribution in [3.63, 3.8) is 0 Å². The Balaban J connectivity index is 1.58. The number of aromatic nitrogens is 5. The second-order valence-electron chi connectivity index (χ2n) is 6.17. The molecule has 0 unspecified atom stereocenters. The van der Waals surface area contributed by atoms with E-state index in [1.165, 1.54) is 35.2 Å². The summed E-state index contributed by atoms with van der Waals surface area (Å²) in [5.41, 5.74) is 1.81. The number of carbonyl (C=O) groups excluding carboxylic acids is 1. The van der Waals surface area contributed by atoms with Crippen LogP contribution in [0.2, 0.25) is 0 Å². The second kappa shape index (κ2) is 8.58. The van der Waals surface area contributed by atoms with Crippen molar-refractivity contribution in [3.05, 3.63) is 71.5 Å². The van der Waals surface area contributed by atoms with Gasteiger partial charge in [0, 0.05) is 42.6 Å². The van der Waals surface area contributed by atoms with Gasteiger partial charge in [-0.05, 0) is 36.4 Å². The van der Waals surface area contributed by atoms with Crippen molar-refractivity contribution in [2.75, 3.05) is 11.1 Å². The third-order valence-electron chi connectivity index (χ3n) is 4.19. The number of anilines is 1. The van der Waals surface area contributed by atoms with Crippen LogP contribution in [-0.4, -0.2) is 36.0 Å². The fourth-order valence-electron chi connectivity index (χ4n) is 2.77. The van der Waals surface area contributed by atoms with Crippen LogP contribution in [0.15, 0.2) is 59.3 Å². The largest absolute Gasteiger partial charge is 0.354 e. The van der Waals surface area contributed by atoms with Gasteiger partial charge in [0.05, 0.1) is 5.75 Å². The molecule has 0 aliphatic rings. The average molecular weight is 429 g/mol. The highest BCUT2D eigenvalue weighted by molar-refractivity contribution is 7.99. The van der Waals surface area contributed by atoms with Gasteiger partial charge in [-0.1, -0.05) is 11.8 Å². The predicted molar refractivity (Wildman–Crippen MR) is 111 cm³/mol. The second-order valence-corrected chi connectivity index (χ2v) is 8.01. The number of benzene rings is 1. The van der Waals surface area contributed by atoms with E-state index in [2.05, 4.69) is 20.5 Å². The number of nitrogens with zero attached hydrogens (tertiary/aromatic N) is 5. The molecule has 0 atom stereocenters. The first-order valence-corrected chi connectivity index (χ1v) is 10.6. The minimum absolute atomic E-state index is 0.156. The van der Waals surface area contributed by atoms with E-state index >= 15 is 0 Å². The monoisotopic (exact) mass is 428 g/mol. The molecule has 3 heterocycles. The van der Waals surface area contributed by atoms with Crippen LogP contribution in [0.3, 0.4) is 0 Å². The van der Waals surface area contributed by atoms with Crippen LogP contribution in [0.5, 0.6) is 0 Å². The number of hydrogen-bond donors (Lipinski definition) is 1. The van der Waals surface area contributed by atoms with Crippen LogP contribution >= 0.6 is 23.1 Å². The van der Waals surface area contributed by atoms with Crippen molar-refractivity contribution < 1.29 is 9.18 Å². The molecule has 1 amide bonds. The number of thioether (sulfide) groups is 1. The van der Waals surface area contributed by atoms with Crippen molar-refractivity contribution in [1.82, 2.24) is 24.3 Å². The Labute approximate surface area is 174 Å². The van der Waals surface area contributed by atoms with Crippen molar-refractivity contribution in [1.29, 1.82) is 0 Å². The highest BCUT2D eigenvalue weighted by Crippen LogP contribution is 2.24. The zero-order valence-electron chi connectivity index (χ0n) is 15.4. The zero-order chi connectivity index (χ0) is 20.2. The molecule has 3 aromatic heterocycles. The summed E-state index contributed by atoms with van der Waals surface area (Å²) in [5, 5.41) is 14.3. The normalized spacial score (nSPS) is 11.0. The number of hydrogen-bond acceptors (Lipinski definition) is 6. The molecule has 0 radical (unpaired) electrons. The molecule has 4 rings (SSSR count). The average Bonchev–Trinajstić information content (AvgIpc) is 3.44. The summed E-state index contributed by atoms with van der Waals surface area (Å²) in [5.74, 6) is 0.370. The summed E-state index contributed by atoms with van der Waals surface area (Å²) < 4.78 is 17.3. The minimum Gasteiger partial charge on any atom is -0.354 e. The molecule has 0 aliphatic carbocycles. The van der Waals surface area contributed by atoms with Crippen molar-refractivity contribution in [2.45, 2.75) is 11.6 Å². The first-order valence-electron chi connectivity index (χ1n) is 8.73. The summed E-state index contributed by atoms with van der Waals surface area (Å²) in [6.45, 7) is 0. The van der Waals surface area contributed by atoms with Crippen molar-refractivity contribution in [3.8, 4) is 5.69 Å². The Morgan fingerprint density at radius 3 is 2.76 bits per heavy atom. The summed E-state index contributed by atoms with van der Waals surface area (Å²) in [6.07, 6.45) is 4.15. The number of rotatable bonds is 7. The Morgan fingerprint density at radius 2 is 2.07 bits per heavy atom. The summed E-state index contributed by atoms with van der Waals surface area (Å²) in [6, 6.07) is 10.1. The third-order valence-corrected chi connectivity index (χ3v) is 5.80. The molecule has 29 heavy (non-hydrogen) atoms. The van der Waals surface area contributed by atoms with Crippen molar-refractivity contribution in [2.24, 2.45) is 7.05 Å². The van der Waals surface area contributed by atoms with E-state index in [0.29, 0.717) is 22.5 Å². The van der Waals surface area contributed by atoms with Crippen LogP contribution in [0, 0.1) is 5.82 Å².